The normalized spacial score (nSPS) is 27.6. The van der Waals surface area contributed by atoms with Crippen LogP contribution in [-0.4, -0.2) is 48.6 Å². The molecule has 19 heavy (non-hydrogen) atoms. The smallest absolute Gasteiger partial charge is 0.246 e. The standard InChI is InChI=1S/C14H24N2O3/c1-3-8-19-9-7-16-11(4-2)13(17)15-12(14(16)18)10-5-6-10/h10-12H,3-9H2,1-2H3,(H,15,17). The van der Waals surface area contributed by atoms with E-state index >= 15 is 0 Å². The van der Waals surface area contributed by atoms with Gasteiger partial charge in [0.1, 0.15) is 12.1 Å². The van der Waals surface area contributed by atoms with Gasteiger partial charge in [-0.05, 0) is 31.6 Å². The minimum absolute atomic E-state index is 0.00510. The third kappa shape index (κ3) is 3.26. The molecule has 1 saturated carbocycles. The second-order valence-corrected chi connectivity index (χ2v) is 5.39. The van der Waals surface area contributed by atoms with Gasteiger partial charge in [0.25, 0.3) is 0 Å². The van der Waals surface area contributed by atoms with E-state index in [0.29, 0.717) is 32.1 Å². The van der Waals surface area contributed by atoms with Gasteiger partial charge < -0.3 is 15.0 Å². The Labute approximate surface area is 114 Å². The fourth-order valence-corrected chi connectivity index (χ4v) is 2.62. The Balaban J connectivity index is 1.97. The fourth-order valence-electron chi connectivity index (χ4n) is 2.62. The molecule has 0 aromatic rings. The summed E-state index contributed by atoms with van der Waals surface area (Å²) in [6.45, 7) is 5.73. The first kappa shape index (κ1) is 14.3. The maximum atomic E-state index is 12.4. The van der Waals surface area contributed by atoms with E-state index in [2.05, 4.69) is 12.2 Å². The van der Waals surface area contributed by atoms with Crippen molar-refractivity contribution in [2.45, 2.75) is 51.6 Å². The number of nitrogens with one attached hydrogen (secondary N) is 1. The van der Waals surface area contributed by atoms with Gasteiger partial charge in [-0.1, -0.05) is 13.8 Å². The summed E-state index contributed by atoms with van der Waals surface area (Å²) in [6.07, 6.45) is 3.72. The van der Waals surface area contributed by atoms with E-state index in [0.717, 1.165) is 19.3 Å². The Morgan fingerprint density at radius 3 is 2.58 bits per heavy atom. The van der Waals surface area contributed by atoms with Crippen LogP contribution in [0.3, 0.4) is 0 Å². The SMILES string of the molecule is CCCOCCN1C(=O)C(C2CC2)NC(=O)C1CC. The summed E-state index contributed by atoms with van der Waals surface area (Å²) in [5, 5.41) is 2.89. The first-order chi connectivity index (χ1) is 9.19. The molecule has 2 unspecified atom stereocenters. The highest BCUT2D eigenvalue weighted by Crippen LogP contribution is 2.35. The van der Waals surface area contributed by atoms with Crippen molar-refractivity contribution >= 4 is 11.8 Å². The van der Waals surface area contributed by atoms with Crippen molar-refractivity contribution in [2.75, 3.05) is 19.8 Å². The largest absolute Gasteiger partial charge is 0.380 e. The molecule has 2 amide bonds. The molecule has 0 radical (unpaired) electrons. The van der Waals surface area contributed by atoms with E-state index in [4.69, 9.17) is 4.74 Å². The molecule has 1 N–H and O–H groups in total. The highest BCUT2D eigenvalue weighted by atomic mass is 16.5. The highest BCUT2D eigenvalue weighted by molar-refractivity contribution is 5.97. The Hall–Kier alpha value is -1.10. The number of piperazine rings is 1. The number of ether oxygens (including phenoxy) is 1. The first-order valence-corrected chi connectivity index (χ1v) is 7.37. The zero-order chi connectivity index (χ0) is 13.8. The van der Waals surface area contributed by atoms with Gasteiger partial charge in [0.05, 0.1) is 6.61 Å². The van der Waals surface area contributed by atoms with E-state index in [-0.39, 0.29) is 23.9 Å². The number of carbonyl (C=O) groups excluding carboxylic acids is 2. The molecule has 0 aromatic heterocycles. The third-order valence-electron chi connectivity index (χ3n) is 3.83. The predicted octanol–water partition coefficient (Wildman–Crippen LogP) is 0.929. The molecule has 108 valence electrons. The van der Waals surface area contributed by atoms with Crippen molar-refractivity contribution in [1.82, 2.24) is 10.2 Å². The van der Waals surface area contributed by atoms with E-state index in [1.54, 1.807) is 4.90 Å². The molecule has 0 spiro atoms. The molecule has 1 heterocycles. The quantitative estimate of drug-likeness (QED) is 0.699. The minimum atomic E-state index is -0.326. The molecule has 2 rings (SSSR count). The second kappa shape index (κ2) is 6.37. The van der Waals surface area contributed by atoms with Gasteiger partial charge >= 0.3 is 0 Å². The van der Waals surface area contributed by atoms with Crippen LogP contribution in [0.1, 0.15) is 39.5 Å². The number of hydrogen-bond acceptors (Lipinski definition) is 3. The Morgan fingerprint density at radius 2 is 2.00 bits per heavy atom. The van der Waals surface area contributed by atoms with Gasteiger partial charge in [-0.25, -0.2) is 0 Å². The van der Waals surface area contributed by atoms with E-state index < -0.39 is 0 Å². The van der Waals surface area contributed by atoms with Crippen LogP contribution in [0.25, 0.3) is 0 Å². The zero-order valence-corrected chi connectivity index (χ0v) is 11.9. The molecule has 5 nitrogen and oxygen atoms in total. The monoisotopic (exact) mass is 268 g/mol. The minimum Gasteiger partial charge on any atom is -0.380 e. The number of nitrogens with zero attached hydrogens (tertiary/aromatic N) is 1. The third-order valence-corrected chi connectivity index (χ3v) is 3.83. The maximum Gasteiger partial charge on any atom is 0.246 e. The lowest BCUT2D eigenvalue weighted by molar-refractivity contribution is -0.150. The van der Waals surface area contributed by atoms with Crippen molar-refractivity contribution in [1.29, 1.82) is 0 Å². The topological polar surface area (TPSA) is 58.6 Å². The highest BCUT2D eigenvalue weighted by Gasteiger charge is 2.45. The van der Waals surface area contributed by atoms with Crippen molar-refractivity contribution < 1.29 is 14.3 Å². The molecule has 1 aliphatic carbocycles. The zero-order valence-electron chi connectivity index (χ0n) is 11.9. The van der Waals surface area contributed by atoms with Crippen molar-refractivity contribution in [2.24, 2.45) is 5.92 Å². The van der Waals surface area contributed by atoms with Gasteiger partial charge in [-0.3, -0.25) is 9.59 Å². The lowest BCUT2D eigenvalue weighted by Crippen LogP contribution is -2.64. The molecule has 1 saturated heterocycles. The summed E-state index contributed by atoms with van der Waals surface area (Å²) in [5.41, 5.74) is 0. The lowest BCUT2D eigenvalue weighted by atomic mass is 10.0. The molecule has 2 aliphatic rings. The van der Waals surface area contributed by atoms with Gasteiger partial charge in [0.2, 0.25) is 11.8 Å². The van der Waals surface area contributed by atoms with Crippen molar-refractivity contribution in [3.63, 3.8) is 0 Å². The van der Waals surface area contributed by atoms with Crippen LogP contribution in [-0.2, 0) is 14.3 Å². The fraction of sp³-hybridized carbons (Fsp3) is 0.857. The Morgan fingerprint density at radius 1 is 1.26 bits per heavy atom. The predicted molar refractivity (Wildman–Crippen MR) is 71.6 cm³/mol. The molecule has 0 aromatic carbocycles. The van der Waals surface area contributed by atoms with Crippen LogP contribution < -0.4 is 5.32 Å². The summed E-state index contributed by atoms with van der Waals surface area (Å²) in [6, 6.07) is -0.616. The number of rotatable bonds is 7. The first-order valence-electron chi connectivity index (χ1n) is 7.37. The van der Waals surface area contributed by atoms with Crippen molar-refractivity contribution in [3.8, 4) is 0 Å². The summed E-state index contributed by atoms with van der Waals surface area (Å²) >= 11 is 0. The van der Waals surface area contributed by atoms with Crippen LogP contribution in [0.2, 0.25) is 0 Å². The lowest BCUT2D eigenvalue weighted by Gasteiger charge is -2.38. The molecule has 0 bridgehead atoms. The summed E-state index contributed by atoms with van der Waals surface area (Å²) in [5.74, 6) is 0.428. The van der Waals surface area contributed by atoms with Crippen LogP contribution in [0.15, 0.2) is 0 Å². The summed E-state index contributed by atoms with van der Waals surface area (Å²) < 4.78 is 5.45. The average Bonchev–Trinajstić information content (AvgIpc) is 3.22. The van der Waals surface area contributed by atoms with Crippen LogP contribution >= 0.6 is 0 Å². The van der Waals surface area contributed by atoms with Gasteiger partial charge in [0.15, 0.2) is 0 Å². The second-order valence-electron chi connectivity index (χ2n) is 5.39. The maximum absolute atomic E-state index is 12.4. The number of amides is 2. The van der Waals surface area contributed by atoms with E-state index in [9.17, 15) is 9.59 Å². The summed E-state index contributed by atoms with van der Waals surface area (Å²) in [7, 11) is 0. The van der Waals surface area contributed by atoms with Crippen LogP contribution in [0.4, 0.5) is 0 Å². The van der Waals surface area contributed by atoms with Crippen molar-refractivity contribution in [3.05, 3.63) is 0 Å². The molecule has 2 fully saturated rings. The van der Waals surface area contributed by atoms with E-state index in [1.165, 1.54) is 0 Å². The van der Waals surface area contributed by atoms with Crippen LogP contribution in [0.5, 0.6) is 0 Å². The van der Waals surface area contributed by atoms with Gasteiger partial charge in [0, 0.05) is 13.2 Å². The Bertz CT molecular complexity index is 342. The molecular weight excluding hydrogens is 244 g/mol. The average molecular weight is 268 g/mol. The van der Waals surface area contributed by atoms with Gasteiger partial charge in [-0.2, -0.15) is 0 Å². The van der Waals surface area contributed by atoms with Gasteiger partial charge in [-0.15, -0.1) is 0 Å². The molecular formula is C14H24N2O3. The Kier molecular flexibility index (Phi) is 4.80. The summed E-state index contributed by atoms with van der Waals surface area (Å²) in [4.78, 5) is 26.2. The van der Waals surface area contributed by atoms with Crippen LogP contribution in [0, 0.1) is 5.92 Å². The number of carbonyl (C=O) groups is 2. The van der Waals surface area contributed by atoms with E-state index in [1.807, 2.05) is 6.92 Å². The molecule has 2 atom stereocenters. The number of hydrogen-bond donors (Lipinski definition) is 1. The molecule has 5 heteroatoms. The molecule has 1 aliphatic heterocycles.